The summed E-state index contributed by atoms with van der Waals surface area (Å²) in [6, 6.07) is 12.5. The highest BCUT2D eigenvalue weighted by atomic mass is 16.5. The van der Waals surface area contributed by atoms with Crippen LogP contribution in [0.1, 0.15) is 38.3 Å². The first-order valence-electron chi connectivity index (χ1n) is 8.27. The molecule has 0 saturated carbocycles. The maximum atomic E-state index is 12.4. The molecule has 0 atom stereocenters. The number of carbonyl (C=O) groups is 2. The van der Waals surface area contributed by atoms with E-state index in [-0.39, 0.29) is 11.8 Å². The van der Waals surface area contributed by atoms with Gasteiger partial charge in [-0.05, 0) is 56.2 Å². The maximum Gasteiger partial charge on any atom is 0.255 e. The summed E-state index contributed by atoms with van der Waals surface area (Å²) < 4.78 is 4.94. The molecule has 132 valence electrons. The van der Waals surface area contributed by atoms with E-state index >= 15 is 0 Å². The van der Waals surface area contributed by atoms with Crippen LogP contribution < -0.4 is 10.6 Å². The fourth-order valence-corrected chi connectivity index (χ4v) is 2.44. The Hall–Kier alpha value is -2.66. The van der Waals surface area contributed by atoms with Crippen LogP contribution in [0.25, 0.3) is 0 Å². The largest absolute Gasteiger partial charge is 0.385 e. The molecule has 0 fully saturated rings. The highest BCUT2D eigenvalue weighted by molar-refractivity contribution is 6.05. The Morgan fingerprint density at radius 3 is 2.20 bits per heavy atom. The van der Waals surface area contributed by atoms with Crippen LogP contribution in [0.3, 0.4) is 0 Å². The molecule has 0 radical (unpaired) electrons. The van der Waals surface area contributed by atoms with E-state index in [4.69, 9.17) is 4.74 Å². The second-order valence-electron chi connectivity index (χ2n) is 5.95. The van der Waals surface area contributed by atoms with Gasteiger partial charge in [0.2, 0.25) is 0 Å². The smallest absolute Gasteiger partial charge is 0.255 e. The number of carbonyl (C=O) groups excluding carboxylic acids is 2. The second kappa shape index (κ2) is 8.99. The molecular formula is C20H24N2O3. The lowest BCUT2D eigenvalue weighted by Crippen LogP contribution is -2.25. The van der Waals surface area contributed by atoms with Crippen molar-refractivity contribution in [3.05, 3.63) is 64.7 Å². The summed E-state index contributed by atoms with van der Waals surface area (Å²) in [5.74, 6) is -0.351. The Bertz CT molecular complexity index is 739. The minimum absolute atomic E-state index is 0.155. The lowest BCUT2D eigenvalue weighted by atomic mass is 10.1. The summed E-state index contributed by atoms with van der Waals surface area (Å²) in [7, 11) is 1.63. The first kappa shape index (κ1) is 18.7. The molecule has 2 rings (SSSR count). The third kappa shape index (κ3) is 5.43. The van der Waals surface area contributed by atoms with Gasteiger partial charge in [0, 0.05) is 37.1 Å². The number of aryl methyl sites for hydroxylation is 2. The van der Waals surface area contributed by atoms with Crippen molar-refractivity contribution in [3.8, 4) is 0 Å². The minimum atomic E-state index is -0.195. The normalized spacial score (nSPS) is 10.4. The average molecular weight is 340 g/mol. The summed E-state index contributed by atoms with van der Waals surface area (Å²) >= 11 is 0. The van der Waals surface area contributed by atoms with Crippen molar-refractivity contribution < 1.29 is 14.3 Å². The molecule has 0 unspecified atom stereocenters. The van der Waals surface area contributed by atoms with E-state index in [9.17, 15) is 9.59 Å². The van der Waals surface area contributed by atoms with Crippen LogP contribution in [0, 0.1) is 13.8 Å². The Balaban J connectivity index is 1.96. The van der Waals surface area contributed by atoms with Gasteiger partial charge in [-0.2, -0.15) is 0 Å². The molecule has 2 N–H and O–H groups in total. The Morgan fingerprint density at radius 2 is 1.60 bits per heavy atom. The van der Waals surface area contributed by atoms with Crippen LogP contribution in [0.4, 0.5) is 5.69 Å². The zero-order valence-corrected chi connectivity index (χ0v) is 14.9. The van der Waals surface area contributed by atoms with Crippen LogP contribution in [0.15, 0.2) is 42.5 Å². The zero-order chi connectivity index (χ0) is 18.2. The molecule has 5 heteroatoms. The van der Waals surface area contributed by atoms with E-state index in [2.05, 4.69) is 10.6 Å². The van der Waals surface area contributed by atoms with Gasteiger partial charge < -0.3 is 15.4 Å². The van der Waals surface area contributed by atoms with E-state index in [1.165, 1.54) is 0 Å². The van der Waals surface area contributed by atoms with E-state index in [1.54, 1.807) is 31.4 Å². The summed E-state index contributed by atoms with van der Waals surface area (Å²) in [5.41, 5.74) is 3.99. The molecule has 0 bridgehead atoms. The summed E-state index contributed by atoms with van der Waals surface area (Å²) in [6.45, 7) is 5.14. The molecule has 25 heavy (non-hydrogen) atoms. The first-order chi connectivity index (χ1) is 12.0. The SMILES string of the molecule is COCCCNC(=O)c1ccc(C(=O)Nc2ccc(C)cc2C)cc1. The molecule has 2 aromatic rings. The van der Waals surface area contributed by atoms with Crippen LogP contribution >= 0.6 is 0 Å². The molecule has 0 saturated heterocycles. The van der Waals surface area contributed by atoms with E-state index in [0.29, 0.717) is 24.3 Å². The highest BCUT2D eigenvalue weighted by Gasteiger charge is 2.10. The summed E-state index contributed by atoms with van der Waals surface area (Å²) in [4.78, 5) is 24.4. The lowest BCUT2D eigenvalue weighted by molar-refractivity contribution is 0.0947. The van der Waals surface area contributed by atoms with Crippen LogP contribution in [0.2, 0.25) is 0 Å². The fraction of sp³-hybridized carbons (Fsp3) is 0.300. The molecule has 2 amide bonds. The number of anilines is 1. The van der Waals surface area contributed by atoms with Crippen LogP contribution in [-0.4, -0.2) is 32.1 Å². The molecule has 5 nitrogen and oxygen atoms in total. The van der Waals surface area contributed by atoms with Crippen molar-refractivity contribution in [2.24, 2.45) is 0 Å². The van der Waals surface area contributed by atoms with E-state index < -0.39 is 0 Å². The third-order valence-electron chi connectivity index (χ3n) is 3.85. The molecule has 0 aliphatic heterocycles. The molecule has 2 aromatic carbocycles. The minimum Gasteiger partial charge on any atom is -0.385 e. The van der Waals surface area contributed by atoms with Gasteiger partial charge in [0.25, 0.3) is 11.8 Å². The van der Waals surface area contributed by atoms with Gasteiger partial charge in [0.1, 0.15) is 0 Å². The van der Waals surface area contributed by atoms with Crippen molar-refractivity contribution in [1.29, 1.82) is 0 Å². The average Bonchev–Trinajstić information content (AvgIpc) is 2.61. The maximum absolute atomic E-state index is 12.4. The number of amides is 2. The number of nitrogens with one attached hydrogen (secondary N) is 2. The highest BCUT2D eigenvalue weighted by Crippen LogP contribution is 2.17. The molecule has 0 aliphatic carbocycles. The Morgan fingerprint density at radius 1 is 0.960 bits per heavy atom. The van der Waals surface area contributed by atoms with Gasteiger partial charge in [-0.25, -0.2) is 0 Å². The Kier molecular flexibility index (Phi) is 6.71. The molecule has 0 heterocycles. The van der Waals surface area contributed by atoms with Gasteiger partial charge in [0.15, 0.2) is 0 Å². The Labute approximate surface area is 148 Å². The van der Waals surface area contributed by atoms with Crippen molar-refractivity contribution >= 4 is 17.5 Å². The molecule has 0 aliphatic rings. The van der Waals surface area contributed by atoms with E-state index in [1.807, 2.05) is 32.0 Å². The third-order valence-corrected chi connectivity index (χ3v) is 3.85. The standard InChI is InChI=1S/C20H24N2O3/c1-14-5-10-18(15(2)13-14)22-20(24)17-8-6-16(7-9-17)19(23)21-11-4-12-25-3/h5-10,13H,4,11-12H2,1-3H3,(H,21,23)(H,22,24). The number of hydrogen-bond donors (Lipinski definition) is 2. The monoisotopic (exact) mass is 340 g/mol. The molecular weight excluding hydrogens is 316 g/mol. The number of methoxy groups -OCH3 is 1. The predicted molar refractivity (Wildman–Crippen MR) is 99.1 cm³/mol. The van der Waals surface area contributed by atoms with Crippen molar-refractivity contribution in [2.45, 2.75) is 20.3 Å². The summed E-state index contributed by atoms with van der Waals surface area (Å²) in [5, 5.41) is 5.71. The fourth-order valence-electron chi connectivity index (χ4n) is 2.44. The van der Waals surface area contributed by atoms with Gasteiger partial charge >= 0.3 is 0 Å². The van der Waals surface area contributed by atoms with Gasteiger partial charge in [0.05, 0.1) is 0 Å². The second-order valence-corrected chi connectivity index (χ2v) is 5.95. The van der Waals surface area contributed by atoms with E-state index in [0.717, 1.165) is 23.2 Å². The van der Waals surface area contributed by atoms with Crippen LogP contribution in [0.5, 0.6) is 0 Å². The molecule has 0 spiro atoms. The number of benzene rings is 2. The predicted octanol–water partition coefficient (Wildman–Crippen LogP) is 3.32. The quantitative estimate of drug-likeness (QED) is 0.760. The van der Waals surface area contributed by atoms with Gasteiger partial charge in [-0.15, -0.1) is 0 Å². The number of rotatable bonds is 7. The summed E-state index contributed by atoms with van der Waals surface area (Å²) in [6.07, 6.45) is 0.763. The van der Waals surface area contributed by atoms with Gasteiger partial charge in [-0.3, -0.25) is 9.59 Å². The topological polar surface area (TPSA) is 67.4 Å². The van der Waals surface area contributed by atoms with Crippen molar-refractivity contribution in [1.82, 2.24) is 5.32 Å². The molecule has 0 aromatic heterocycles. The van der Waals surface area contributed by atoms with Gasteiger partial charge in [-0.1, -0.05) is 17.7 Å². The first-order valence-corrected chi connectivity index (χ1v) is 8.27. The number of hydrogen-bond acceptors (Lipinski definition) is 3. The van der Waals surface area contributed by atoms with Crippen molar-refractivity contribution in [2.75, 3.05) is 25.6 Å². The lowest BCUT2D eigenvalue weighted by Gasteiger charge is -2.10. The zero-order valence-electron chi connectivity index (χ0n) is 14.9. The van der Waals surface area contributed by atoms with Crippen LogP contribution in [-0.2, 0) is 4.74 Å². The number of ether oxygens (including phenoxy) is 1. The van der Waals surface area contributed by atoms with Crippen molar-refractivity contribution in [3.63, 3.8) is 0 Å².